The van der Waals surface area contributed by atoms with Gasteiger partial charge in [-0.05, 0) is 31.5 Å². The van der Waals surface area contributed by atoms with Crippen LogP contribution in [0.15, 0.2) is 18.2 Å². The molecular formula is C26H33N3O6. The number of aryl methyl sites for hydroxylation is 1. The summed E-state index contributed by atoms with van der Waals surface area (Å²) in [6.07, 6.45) is 11.3. The molecule has 9 heteroatoms. The Labute approximate surface area is 205 Å². The van der Waals surface area contributed by atoms with E-state index < -0.39 is 29.4 Å². The Bertz CT molecular complexity index is 1070. The number of carbonyl (C=O) groups excluding carboxylic acids is 1. The summed E-state index contributed by atoms with van der Waals surface area (Å²) in [7, 11) is 0. The standard InChI is InChI=1S/C26H33N3O6/c1-3-4-5-6-7-8-9-10-11-12-21-28-22(17(2)16-27)23(29-21)35-26(34)19-14-13-18(24(30)31)15-20(19)25(32)33/h13-15,17H,3-12H2,1-2H3,(H,28,29)(H,30,31)(H,32,33). The van der Waals surface area contributed by atoms with Crippen LogP contribution in [-0.4, -0.2) is 38.1 Å². The molecule has 1 atom stereocenters. The van der Waals surface area contributed by atoms with Gasteiger partial charge in [0.25, 0.3) is 0 Å². The van der Waals surface area contributed by atoms with Crippen LogP contribution in [-0.2, 0) is 6.42 Å². The molecule has 0 saturated heterocycles. The fraction of sp³-hybridized carbons (Fsp3) is 0.500. The normalized spacial score (nSPS) is 11.6. The van der Waals surface area contributed by atoms with Crippen molar-refractivity contribution in [2.24, 2.45) is 0 Å². The molecule has 0 aliphatic carbocycles. The second kappa shape index (κ2) is 13.9. The van der Waals surface area contributed by atoms with Crippen molar-refractivity contribution in [3.8, 4) is 11.9 Å². The highest BCUT2D eigenvalue weighted by Crippen LogP contribution is 2.26. The van der Waals surface area contributed by atoms with Crippen molar-refractivity contribution in [3.05, 3.63) is 46.4 Å². The highest BCUT2D eigenvalue weighted by molar-refractivity contribution is 6.04. The number of hydrogen-bond acceptors (Lipinski definition) is 6. The smallest absolute Gasteiger partial charge is 0.345 e. The highest BCUT2D eigenvalue weighted by atomic mass is 16.5. The molecule has 0 spiro atoms. The van der Waals surface area contributed by atoms with Gasteiger partial charge < -0.3 is 19.9 Å². The summed E-state index contributed by atoms with van der Waals surface area (Å²) < 4.78 is 5.37. The summed E-state index contributed by atoms with van der Waals surface area (Å²) in [6, 6.07) is 5.21. The molecule has 1 aromatic heterocycles. The van der Waals surface area contributed by atoms with Crippen LogP contribution in [0.4, 0.5) is 0 Å². The number of unbranched alkanes of at least 4 members (excludes halogenated alkanes) is 8. The van der Waals surface area contributed by atoms with Gasteiger partial charge >= 0.3 is 17.9 Å². The fourth-order valence-corrected chi connectivity index (χ4v) is 3.75. The van der Waals surface area contributed by atoms with E-state index in [1.54, 1.807) is 6.92 Å². The zero-order chi connectivity index (χ0) is 25.8. The van der Waals surface area contributed by atoms with Crippen molar-refractivity contribution in [2.45, 2.75) is 84.0 Å². The van der Waals surface area contributed by atoms with Crippen LogP contribution in [0.1, 0.15) is 120 Å². The van der Waals surface area contributed by atoms with Crippen molar-refractivity contribution in [2.75, 3.05) is 0 Å². The molecule has 3 N–H and O–H groups in total. The van der Waals surface area contributed by atoms with E-state index in [4.69, 9.17) is 9.84 Å². The van der Waals surface area contributed by atoms with Gasteiger partial charge in [0.1, 0.15) is 5.82 Å². The molecule has 0 saturated carbocycles. The van der Waals surface area contributed by atoms with E-state index in [9.17, 15) is 24.8 Å². The van der Waals surface area contributed by atoms with Crippen LogP contribution in [0, 0.1) is 11.3 Å². The van der Waals surface area contributed by atoms with Crippen LogP contribution in [0.25, 0.3) is 0 Å². The number of benzene rings is 1. The van der Waals surface area contributed by atoms with Gasteiger partial charge in [-0.3, -0.25) is 0 Å². The van der Waals surface area contributed by atoms with Crippen molar-refractivity contribution < 1.29 is 29.3 Å². The first-order valence-corrected chi connectivity index (χ1v) is 12.1. The number of nitrogens with zero attached hydrogens (tertiary/aromatic N) is 2. The number of nitriles is 1. The molecule has 0 bridgehead atoms. The minimum atomic E-state index is -1.46. The Kier molecular flexibility index (Phi) is 10.9. The fourth-order valence-electron chi connectivity index (χ4n) is 3.75. The Hall–Kier alpha value is -3.67. The number of carboxylic acid groups (broad SMARTS) is 2. The summed E-state index contributed by atoms with van der Waals surface area (Å²) in [5.41, 5.74) is -0.719. The topological polar surface area (TPSA) is 153 Å². The minimum Gasteiger partial charge on any atom is -0.478 e. The van der Waals surface area contributed by atoms with Gasteiger partial charge in [-0.15, -0.1) is 0 Å². The molecule has 1 aromatic carbocycles. The molecule has 1 heterocycles. The third-order valence-corrected chi connectivity index (χ3v) is 5.80. The Morgan fingerprint density at radius 2 is 1.63 bits per heavy atom. The Morgan fingerprint density at radius 3 is 2.20 bits per heavy atom. The van der Waals surface area contributed by atoms with E-state index in [0.717, 1.165) is 37.5 Å². The van der Waals surface area contributed by atoms with E-state index >= 15 is 0 Å². The van der Waals surface area contributed by atoms with Gasteiger partial charge in [-0.25, -0.2) is 14.4 Å². The maximum absolute atomic E-state index is 12.7. The molecule has 9 nitrogen and oxygen atoms in total. The molecule has 0 fully saturated rings. The number of aromatic carboxylic acids is 2. The zero-order valence-electron chi connectivity index (χ0n) is 20.3. The lowest BCUT2D eigenvalue weighted by Crippen LogP contribution is -2.16. The lowest BCUT2D eigenvalue weighted by molar-refractivity contribution is 0.0663. The lowest BCUT2D eigenvalue weighted by atomic mass is 10.0. The molecule has 0 radical (unpaired) electrons. The molecule has 1 unspecified atom stereocenters. The largest absolute Gasteiger partial charge is 0.478 e. The second-order valence-corrected chi connectivity index (χ2v) is 8.59. The van der Waals surface area contributed by atoms with E-state index in [-0.39, 0.29) is 17.0 Å². The number of H-pyrrole nitrogens is 1. The average molecular weight is 484 g/mol. The van der Waals surface area contributed by atoms with Gasteiger partial charge in [-0.2, -0.15) is 10.2 Å². The molecular weight excluding hydrogens is 450 g/mol. The average Bonchev–Trinajstić information content (AvgIpc) is 3.24. The van der Waals surface area contributed by atoms with Crippen LogP contribution >= 0.6 is 0 Å². The summed E-state index contributed by atoms with van der Waals surface area (Å²) in [5.74, 6) is -3.88. The number of aromatic amines is 1. The summed E-state index contributed by atoms with van der Waals surface area (Å²) in [5, 5.41) is 27.9. The minimum absolute atomic E-state index is 0.0753. The molecule has 0 aliphatic heterocycles. The Morgan fingerprint density at radius 1 is 1.00 bits per heavy atom. The van der Waals surface area contributed by atoms with E-state index in [1.165, 1.54) is 38.5 Å². The van der Waals surface area contributed by atoms with Gasteiger partial charge in [-0.1, -0.05) is 58.3 Å². The van der Waals surface area contributed by atoms with Crippen LogP contribution in [0.3, 0.4) is 0 Å². The SMILES string of the molecule is CCCCCCCCCCCc1nc(OC(=O)c2ccc(C(=O)O)cc2C(=O)O)c(C(C)C#N)[nH]1. The van der Waals surface area contributed by atoms with Crippen molar-refractivity contribution in [1.29, 1.82) is 5.26 Å². The first kappa shape index (κ1) is 27.6. The number of nitrogens with one attached hydrogen (secondary N) is 1. The van der Waals surface area contributed by atoms with Crippen molar-refractivity contribution in [1.82, 2.24) is 9.97 Å². The lowest BCUT2D eigenvalue weighted by Gasteiger charge is -2.08. The highest BCUT2D eigenvalue weighted by Gasteiger charge is 2.24. The maximum atomic E-state index is 12.7. The summed E-state index contributed by atoms with van der Waals surface area (Å²) in [4.78, 5) is 42.9. The number of imidazole rings is 1. The number of rotatable bonds is 15. The van der Waals surface area contributed by atoms with E-state index in [1.807, 2.05) is 0 Å². The van der Waals surface area contributed by atoms with E-state index in [0.29, 0.717) is 17.9 Å². The van der Waals surface area contributed by atoms with E-state index in [2.05, 4.69) is 23.0 Å². The van der Waals surface area contributed by atoms with Gasteiger partial charge in [0.05, 0.1) is 34.4 Å². The number of hydrogen-bond donors (Lipinski definition) is 3. The summed E-state index contributed by atoms with van der Waals surface area (Å²) in [6.45, 7) is 3.84. The Balaban J connectivity index is 2.05. The molecule has 2 aromatic rings. The maximum Gasteiger partial charge on any atom is 0.345 e. The quantitative estimate of drug-likeness (QED) is 0.214. The number of aromatic nitrogens is 2. The number of carboxylic acids is 2. The first-order valence-electron chi connectivity index (χ1n) is 12.1. The first-order chi connectivity index (χ1) is 16.8. The zero-order valence-corrected chi connectivity index (χ0v) is 20.3. The summed E-state index contributed by atoms with van der Waals surface area (Å²) >= 11 is 0. The van der Waals surface area contributed by atoms with Gasteiger partial charge in [0, 0.05) is 6.42 Å². The van der Waals surface area contributed by atoms with Crippen molar-refractivity contribution in [3.63, 3.8) is 0 Å². The number of esters is 1. The molecule has 2 rings (SSSR count). The molecule has 0 amide bonds. The van der Waals surface area contributed by atoms with Crippen LogP contribution < -0.4 is 4.74 Å². The van der Waals surface area contributed by atoms with Gasteiger partial charge in [0.2, 0.25) is 5.88 Å². The van der Waals surface area contributed by atoms with Crippen molar-refractivity contribution >= 4 is 17.9 Å². The predicted octanol–water partition coefficient (Wildman–Crippen LogP) is 5.73. The monoisotopic (exact) mass is 483 g/mol. The number of carbonyl (C=O) groups is 3. The third kappa shape index (κ3) is 8.25. The molecule has 0 aliphatic rings. The number of ether oxygens (including phenoxy) is 1. The molecule has 188 valence electrons. The second-order valence-electron chi connectivity index (χ2n) is 8.59. The molecule has 35 heavy (non-hydrogen) atoms. The predicted molar refractivity (Wildman–Crippen MR) is 129 cm³/mol. The van der Waals surface area contributed by atoms with Gasteiger partial charge in [0.15, 0.2) is 0 Å². The third-order valence-electron chi connectivity index (χ3n) is 5.80. The van der Waals surface area contributed by atoms with Crippen LogP contribution in [0.5, 0.6) is 5.88 Å². The van der Waals surface area contributed by atoms with Crippen LogP contribution in [0.2, 0.25) is 0 Å².